The Morgan fingerprint density at radius 1 is 1.13 bits per heavy atom. The summed E-state index contributed by atoms with van der Waals surface area (Å²) in [6, 6.07) is 13.1. The molecule has 1 amide bonds. The summed E-state index contributed by atoms with van der Waals surface area (Å²) >= 11 is 7.50. The third-order valence-corrected chi connectivity index (χ3v) is 5.90. The Bertz CT molecular complexity index is 1260. The van der Waals surface area contributed by atoms with Crippen LogP contribution in [0.1, 0.15) is 5.56 Å². The fraction of sp³-hybridized carbons (Fsp3) is 0.136. The molecule has 7 nitrogen and oxygen atoms in total. The Morgan fingerprint density at radius 2 is 1.97 bits per heavy atom. The van der Waals surface area contributed by atoms with Gasteiger partial charge in [-0.2, -0.15) is 0 Å². The molecule has 0 saturated heterocycles. The smallest absolute Gasteiger partial charge is 0.258 e. The van der Waals surface area contributed by atoms with E-state index in [2.05, 4.69) is 15.3 Å². The number of halogens is 1. The minimum Gasteiger partial charge on any atom is -0.467 e. The number of fused-ring (bicyclic) bond motifs is 2. The van der Waals surface area contributed by atoms with E-state index >= 15 is 0 Å². The minimum absolute atomic E-state index is 0.160. The van der Waals surface area contributed by atoms with Gasteiger partial charge in [-0.3, -0.25) is 4.79 Å². The summed E-state index contributed by atoms with van der Waals surface area (Å²) in [5.41, 5.74) is 2.82. The van der Waals surface area contributed by atoms with Crippen molar-refractivity contribution in [3.8, 4) is 28.5 Å². The molecule has 0 spiro atoms. The summed E-state index contributed by atoms with van der Waals surface area (Å²) in [5, 5.41) is 6.27. The number of carbonyl (C=O) groups excluding carboxylic acids is 1. The number of amides is 1. The lowest BCUT2D eigenvalue weighted by atomic mass is 10.1. The van der Waals surface area contributed by atoms with Crippen molar-refractivity contribution in [1.29, 1.82) is 0 Å². The van der Waals surface area contributed by atoms with Crippen LogP contribution >= 0.6 is 22.9 Å². The summed E-state index contributed by atoms with van der Waals surface area (Å²) in [5.74, 6) is 1.50. The van der Waals surface area contributed by atoms with Crippen molar-refractivity contribution in [2.45, 2.75) is 6.54 Å². The molecule has 3 heterocycles. The molecule has 0 saturated carbocycles. The van der Waals surface area contributed by atoms with Crippen LogP contribution in [0.4, 0.5) is 0 Å². The van der Waals surface area contributed by atoms with E-state index in [1.54, 1.807) is 0 Å². The fourth-order valence-electron chi connectivity index (χ4n) is 3.24. The molecular formula is C22H16ClN3O4S. The van der Waals surface area contributed by atoms with Gasteiger partial charge in [0.05, 0.1) is 5.39 Å². The second-order valence-electron chi connectivity index (χ2n) is 6.77. The van der Waals surface area contributed by atoms with Crippen molar-refractivity contribution in [2.75, 3.05) is 13.4 Å². The molecule has 0 radical (unpaired) electrons. The zero-order valence-corrected chi connectivity index (χ0v) is 17.7. The van der Waals surface area contributed by atoms with Gasteiger partial charge in [0.2, 0.25) is 12.7 Å². The van der Waals surface area contributed by atoms with E-state index in [1.807, 2.05) is 47.8 Å². The van der Waals surface area contributed by atoms with E-state index < -0.39 is 0 Å². The Kier molecular flexibility index (Phi) is 5.31. The molecule has 1 N–H and O–H groups in total. The third kappa shape index (κ3) is 4.12. The van der Waals surface area contributed by atoms with Crippen molar-refractivity contribution in [3.63, 3.8) is 0 Å². The number of rotatable bonds is 6. The van der Waals surface area contributed by atoms with E-state index in [-0.39, 0.29) is 19.3 Å². The van der Waals surface area contributed by atoms with Crippen LogP contribution in [0, 0.1) is 0 Å². The van der Waals surface area contributed by atoms with Gasteiger partial charge >= 0.3 is 0 Å². The number of nitrogens with zero attached hydrogens (tertiary/aromatic N) is 2. The molecular weight excluding hydrogens is 438 g/mol. The third-order valence-electron chi connectivity index (χ3n) is 4.76. The number of aromatic nitrogens is 2. The van der Waals surface area contributed by atoms with Crippen LogP contribution in [0.25, 0.3) is 21.3 Å². The highest BCUT2D eigenvalue weighted by Gasteiger charge is 2.16. The fourth-order valence-corrected chi connectivity index (χ4v) is 4.27. The largest absolute Gasteiger partial charge is 0.467 e. The topological polar surface area (TPSA) is 82.6 Å². The van der Waals surface area contributed by atoms with Gasteiger partial charge in [-0.1, -0.05) is 29.8 Å². The summed E-state index contributed by atoms with van der Waals surface area (Å²) in [4.78, 5) is 21.7. The molecule has 9 heteroatoms. The summed E-state index contributed by atoms with van der Waals surface area (Å²) in [6.45, 7) is 0.409. The van der Waals surface area contributed by atoms with Crippen molar-refractivity contribution in [2.24, 2.45) is 0 Å². The summed E-state index contributed by atoms with van der Waals surface area (Å²) in [7, 11) is 0. The Labute approximate surface area is 186 Å². The molecule has 1 aliphatic rings. The van der Waals surface area contributed by atoms with Crippen LogP contribution < -0.4 is 19.5 Å². The molecule has 31 heavy (non-hydrogen) atoms. The number of carbonyl (C=O) groups is 1. The molecule has 2 aromatic carbocycles. The highest BCUT2D eigenvalue weighted by atomic mass is 35.5. The van der Waals surface area contributed by atoms with Crippen LogP contribution in [0.15, 0.2) is 54.2 Å². The van der Waals surface area contributed by atoms with Crippen LogP contribution in [0.3, 0.4) is 0 Å². The maximum absolute atomic E-state index is 12.3. The number of benzene rings is 2. The van der Waals surface area contributed by atoms with Crippen molar-refractivity contribution >= 4 is 39.1 Å². The first-order chi connectivity index (χ1) is 15.2. The average Bonchev–Trinajstić information content (AvgIpc) is 3.43. The Balaban J connectivity index is 1.27. The van der Waals surface area contributed by atoms with Crippen LogP contribution in [0.5, 0.6) is 17.4 Å². The van der Waals surface area contributed by atoms with Crippen LogP contribution in [-0.2, 0) is 11.3 Å². The highest BCUT2D eigenvalue weighted by molar-refractivity contribution is 7.17. The van der Waals surface area contributed by atoms with E-state index in [0.717, 1.165) is 26.9 Å². The zero-order valence-electron chi connectivity index (χ0n) is 16.1. The number of hydrogen-bond donors (Lipinski definition) is 1. The van der Waals surface area contributed by atoms with Gasteiger partial charge in [0.15, 0.2) is 18.1 Å². The molecule has 0 fully saturated rings. The number of ether oxygens (including phenoxy) is 3. The first kappa shape index (κ1) is 19.6. The lowest BCUT2D eigenvalue weighted by Gasteiger charge is -2.09. The molecule has 0 unspecified atom stereocenters. The van der Waals surface area contributed by atoms with Gasteiger partial charge < -0.3 is 19.5 Å². The molecule has 1 aliphatic heterocycles. The predicted molar refractivity (Wildman–Crippen MR) is 118 cm³/mol. The molecule has 5 rings (SSSR count). The summed E-state index contributed by atoms with van der Waals surface area (Å²) in [6.07, 6.45) is 1.43. The van der Waals surface area contributed by atoms with Gasteiger partial charge in [0.25, 0.3) is 5.91 Å². The van der Waals surface area contributed by atoms with Gasteiger partial charge in [-0.05, 0) is 35.4 Å². The van der Waals surface area contributed by atoms with E-state index in [9.17, 15) is 4.79 Å². The van der Waals surface area contributed by atoms with Gasteiger partial charge in [-0.25, -0.2) is 9.97 Å². The van der Waals surface area contributed by atoms with Gasteiger partial charge in [0.1, 0.15) is 11.2 Å². The van der Waals surface area contributed by atoms with E-state index in [0.29, 0.717) is 28.9 Å². The molecule has 0 bridgehead atoms. The van der Waals surface area contributed by atoms with Gasteiger partial charge in [-0.15, -0.1) is 11.3 Å². The van der Waals surface area contributed by atoms with Crippen LogP contribution in [0.2, 0.25) is 5.02 Å². The molecule has 0 aliphatic carbocycles. The maximum atomic E-state index is 12.3. The first-order valence-corrected chi connectivity index (χ1v) is 10.7. The standard InChI is InChI=1S/C22H16ClN3O4S/c23-15-4-2-14(3-5-15)16-10-31-22-20(16)21(25-11-26-22)28-9-19(27)24-8-13-1-6-17-18(7-13)30-12-29-17/h1-7,10-11H,8-9,12H2,(H,24,27). The Hall–Kier alpha value is -3.36. The number of nitrogens with one attached hydrogen (secondary N) is 1. The predicted octanol–water partition coefficient (Wildman–Crippen LogP) is 4.44. The lowest BCUT2D eigenvalue weighted by Crippen LogP contribution is -2.28. The minimum atomic E-state index is -0.257. The SMILES string of the molecule is O=C(COc1ncnc2scc(-c3ccc(Cl)cc3)c12)NCc1ccc2c(c1)OCO2. The number of thiophene rings is 1. The molecule has 4 aromatic rings. The zero-order chi connectivity index (χ0) is 21.2. The second kappa shape index (κ2) is 8.41. The monoisotopic (exact) mass is 453 g/mol. The van der Waals surface area contributed by atoms with Crippen molar-refractivity contribution in [3.05, 3.63) is 64.8 Å². The summed E-state index contributed by atoms with van der Waals surface area (Å²) < 4.78 is 16.4. The average molecular weight is 454 g/mol. The van der Waals surface area contributed by atoms with Gasteiger partial charge in [0, 0.05) is 22.5 Å². The lowest BCUT2D eigenvalue weighted by molar-refractivity contribution is -0.123. The van der Waals surface area contributed by atoms with E-state index in [1.165, 1.54) is 17.7 Å². The van der Waals surface area contributed by atoms with Crippen LogP contribution in [-0.4, -0.2) is 29.3 Å². The van der Waals surface area contributed by atoms with Crippen molar-refractivity contribution in [1.82, 2.24) is 15.3 Å². The number of hydrogen-bond acceptors (Lipinski definition) is 7. The molecule has 156 valence electrons. The maximum Gasteiger partial charge on any atom is 0.258 e. The Morgan fingerprint density at radius 3 is 2.84 bits per heavy atom. The quantitative estimate of drug-likeness (QED) is 0.465. The second-order valence-corrected chi connectivity index (χ2v) is 8.06. The first-order valence-electron chi connectivity index (χ1n) is 9.43. The molecule has 2 aromatic heterocycles. The van der Waals surface area contributed by atoms with E-state index in [4.69, 9.17) is 25.8 Å². The normalized spacial score (nSPS) is 12.2. The molecule has 0 atom stereocenters. The highest BCUT2D eigenvalue weighted by Crippen LogP contribution is 2.37. The van der Waals surface area contributed by atoms with Crippen molar-refractivity contribution < 1.29 is 19.0 Å².